The molecule has 0 aliphatic carbocycles. The van der Waals surface area contributed by atoms with Crippen LogP contribution < -0.4 is 5.32 Å². The van der Waals surface area contributed by atoms with Gasteiger partial charge in [0, 0.05) is 25.6 Å². The van der Waals surface area contributed by atoms with Gasteiger partial charge in [-0.05, 0) is 0 Å². The van der Waals surface area contributed by atoms with Gasteiger partial charge in [0.05, 0.1) is 12.7 Å². The van der Waals surface area contributed by atoms with Crippen LogP contribution >= 0.6 is 0 Å². The number of ether oxygens (including phenoxy) is 1. The lowest BCUT2D eigenvalue weighted by Crippen LogP contribution is -2.30. The molecule has 0 aromatic carbocycles. The number of methoxy groups -OCH3 is 1. The van der Waals surface area contributed by atoms with Crippen molar-refractivity contribution in [2.75, 3.05) is 20.3 Å². The van der Waals surface area contributed by atoms with Crippen molar-refractivity contribution in [1.82, 2.24) is 5.32 Å². The summed E-state index contributed by atoms with van der Waals surface area (Å²) in [6, 6.07) is 0.227. The van der Waals surface area contributed by atoms with Gasteiger partial charge in [0.2, 0.25) is 0 Å². The molecule has 0 radical (unpaired) electrons. The molecule has 0 saturated carbocycles. The molecular formula is C7H15NO2. The van der Waals surface area contributed by atoms with E-state index in [9.17, 15) is 0 Å². The lowest BCUT2D eigenvalue weighted by Gasteiger charge is -2.15. The van der Waals surface area contributed by atoms with E-state index in [1.165, 1.54) is 0 Å². The van der Waals surface area contributed by atoms with Crippen LogP contribution in [0.15, 0.2) is 0 Å². The number of aliphatic hydroxyl groups excluding tert-OH is 1. The van der Waals surface area contributed by atoms with Crippen LogP contribution in [-0.2, 0) is 4.74 Å². The third-order valence-corrected chi connectivity index (χ3v) is 2.30. The minimum Gasteiger partial charge on any atom is -0.395 e. The summed E-state index contributed by atoms with van der Waals surface area (Å²) in [5.41, 5.74) is 0. The van der Waals surface area contributed by atoms with Crippen molar-refractivity contribution < 1.29 is 9.84 Å². The molecule has 0 unspecified atom stereocenters. The Bertz CT molecular complexity index is 95.8. The van der Waals surface area contributed by atoms with E-state index in [0.29, 0.717) is 5.92 Å². The number of hydrogen-bond donors (Lipinski definition) is 2. The largest absolute Gasteiger partial charge is 0.395 e. The van der Waals surface area contributed by atoms with Crippen molar-refractivity contribution in [1.29, 1.82) is 0 Å². The molecule has 1 heterocycles. The predicted octanol–water partition coefficient (Wildman–Crippen LogP) is -0.398. The van der Waals surface area contributed by atoms with Gasteiger partial charge in [-0.1, -0.05) is 6.92 Å². The van der Waals surface area contributed by atoms with Crippen molar-refractivity contribution in [3.05, 3.63) is 0 Å². The topological polar surface area (TPSA) is 41.5 Å². The van der Waals surface area contributed by atoms with Gasteiger partial charge in [0.1, 0.15) is 0 Å². The molecular weight excluding hydrogens is 130 g/mol. The first-order valence-electron chi connectivity index (χ1n) is 3.66. The second-order valence-corrected chi connectivity index (χ2v) is 2.83. The first kappa shape index (κ1) is 7.98. The Kier molecular flexibility index (Phi) is 2.65. The number of rotatable bonds is 2. The molecule has 0 bridgehead atoms. The smallest absolute Gasteiger partial charge is 0.0736 e. The minimum atomic E-state index is 0.209. The molecule has 1 rings (SSSR count). The SMILES string of the molecule is CO[C@H]1CN[C@@H](CO)[C@@H]1C. The molecule has 1 saturated heterocycles. The maximum absolute atomic E-state index is 8.83. The van der Waals surface area contributed by atoms with Crippen LogP contribution in [0.2, 0.25) is 0 Å². The van der Waals surface area contributed by atoms with Crippen LogP contribution in [0.4, 0.5) is 0 Å². The molecule has 10 heavy (non-hydrogen) atoms. The molecule has 3 atom stereocenters. The summed E-state index contributed by atoms with van der Waals surface area (Å²) >= 11 is 0. The highest BCUT2D eigenvalue weighted by Crippen LogP contribution is 2.16. The molecule has 1 aliphatic heterocycles. The third kappa shape index (κ3) is 1.31. The monoisotopic (exact) mass is 145 g/mol. The summed E-state index contributed by atoms with van der Waals surface area (Å²) in [6.45, 7) is 3.17. The van der Waals surface area contributed by atoms with Crippen LogP contribution in [0, 0.1) is 5.92 Å². The summed E-state index contributed by atoms with van der Waals surface area (Å²) in [4.78, 5) is 0. The average Bonchev–Trinajstić information content (AvgIpc) is 2.30. The van der Waals surface area contributed by atoms with Gasteiger partial charge in [0.15, 0.2) is 0 Å². The zero-order valence-electron chi connectivity index (χ0n) is 6.50. The highest BCUT2D eigenvalue weighted by molar-refractivity contribution is 4.87. The first-order chi connectivity index (χ1) is 4.79. The van der Waals surface area contributed by atoms with Gasteiger partial charge in [-0.25, -0.2) is 0 Å². The van der Waals surface area contributed by atoms with Crippen molar-refractivity contribution in [3.63, 3.8) is 0 Å². The van der Waals surface area contributed by atoms with E-state index in [1.54, 1.807) is 7.11 Å². The number of aliphatic hydroxyl groups is 1. The second kappa shape index (κ2) is 3.32. The zero-order chi connectivity index (χ0) is 7.56. The molecule has 0 spiro atoms. The zero-order valence-corrected chi connectivity index (χ0v) is 6.50. The average molecular weight is 145 g/mol. The molecule has 0 aromatic heterocycles. The van der Waals surface area contributed by atoms with Gasteiger partial charge < -0.3 is 15.2 Å². The fourth-order valence-corrected chi connectivity index (χ4v) is 1.43. The lowest BCUT2D eigenvalue weighted by molar-refractivity contribution is 0.0776. The van der Waals surface area contributed by atoms with E-state index in [4.69, 9.17) is 9.84 Å². The summed E-state index contributed by atoms with van der Waals surface area (Å²) < 4.78 is 5.18. The Morgan fingerprint density at radius 3 is 2.70 bits per heavy atom. The number of hydrogen-bond acceptors (Lipinski definition) is 3. The predicted molar refractivity (Wildman–Crippen MR) is 38.8 cm³/mol. The Morgan fingerprint density at radius 2 is 2.40 bits per heavy atom. The van der Waals surface area contributed by atoms with Crippen molar-refractivity contribution in [3.8, 4) is 0 Å². The Morgan fingerprint density at radius 1 is 1.70 bits per heavy atom. The highest BCUT2D eigenvalue weighted by Gasteiger charge is 2.31. The van der Waals surface area contributed by atoms with Crippen molar-refractivity contribution in [2.24, 2.45) is 5.92 Å². The molecule has 60 valence electrons. The summed E-state index contributed by atoms with van der Waals surface area (Å²) in [5.74, 6) is 0.426. The van der Waals surface area contributed by atoms with Crippen LogP contribution in [0.3, 0.4) is 0 Å². The van der Waals surface area contributed by atoms with Crippen molar-refractivity contribution >= 4 is 0 Å². The number of nitrogens with one attached hydrogen (secondary N) is 1. The summed E-state index contributed by atoms with van der Waals surface area (Å²) in [6.07, 6.45) is 0.275. The second-order valence-electron chi connectivity index (χ2n) is 2.83. The van der Waals surface area contributed by atoms with Crippen LogP contribution in [0.5, 0.6) is 0 Å². The molecule has 3 nitrogen and oxygen atoms in total. The fraction of sp³-hybridized carbons (Fsp3) is 1.00. The van der Waals surface area contributed by atoms with E-state index < -0.39 is 0 Å². The van der Waals surface area contributed by atoms with E-state index in [1.807, 2.05) is 0 Å². The highest BCUT2D eigenvalue weighted by atomic mass is 16.5. The molecule has 3 heteroatoms. The van der Waals surface area contributed by atoms with Crippen LogP contribution in [0.25, 0.3) is 0 Å². The van der Waals surface area contributed by atoms with E-state index in [2.05, 4.69) is 12.2 Å². The first-order valence-corrected chi connectivity index (χ1v) is 3.66. The third-order valence-electron chi connectivity index (χ3n) is 2.30. The van der Waals surface area contributed by atoms with Gasteiger partial charge in [-0.15, -0.1) is 0 Å². The standard InChI is InChI=1S/C7H15NO2/c1-5-6(4-9)8-3-7(5)10-2/h5-9H,3-4H2,1-2H3/t5-,6-,7-/m0/s1. The molecule has 0 amide bonds. The van der Waals surface area contributed by atoms with E-state index in [0.717, 1.165) is 6.54 Å². The summed E-state index contributed by atoms with van der Waals surface area (Å²) in [7, 11) is 1.71. The lowest BCUT2D eigenvalue weighted by atomic mass is 10.0. The van der Waals surface area contributed by atoms with Gasteiger partial charge in [-0.2, -0.15) is 0 Å². The Balaban J connectivity index is 2.41. The molecule has 0 aromatic rings. The Hall–Kier alpha value is -0.120. The van der Waals surface area contributed by atoms with E-state index in [-0.39, 0.29) is 18.8 Å². The minimum absolute atomic E-state index is 0.209. The maximum Gasteiger partial charge on any atom is 0.0736 e. The molecule has 2 N–H and O–H groups in total. The summed E-state index contributed by atoms with van der Waals surface area (Å²) in [5, 5.41) is 12.0. The van der Waals surface area contributed by atoms with Gasteiger partial charge in [0.25, 0.3) is 0 Å². The Labute approximate surface area is 61.4 Å². The van der Waals surface area contributed by atoms with Crippen LogP contribution in [-0.4, -0.2) is 37.5 Å². The molecule has 1 aliphatic rings. The van der Waals surface area contributed by atoms with Crippen LogP contribution in [0.1, 0.15) is 6.92 Å². The van der Waals surface area contributed by atoms with E-state index >= 15 is 0 Å². The maximum atomic E-state index is 8.83. The van der Waals surface area contributed by atoms with Crippen molar-refractivity contribution in [2.45, 2.75) is 19.1 Å². The van der Waals surface area contributed by atoms with Gasteiger partial charge in [-0.3, -0.25) is 0 Å². The molecule has 1 fully saturated rings. The fourth-order valence-electron chi connectivity index (χ4n) is 1.43. The van der Waals surface area contributed by atoms with Gasteiger partial charge >= 0.3 is 0 Å². The quantitative estimate of drug-likeness (QED) is 0.555. The normalized spacial score (nSPS) is 40.5.